The molecule has 0 spiro atoms. The van der Waals surface area contributed by atoms with Gasteiger partial charge in [0, 0.05) is 11.1 Å². The normalized spacial score (nSPS) is 10.8. The molecule has 1 aromatic heterocycles. The molecule has 27 heavy (non-hydrogen) atoms. The number of anilines is 1. The quantitative estimate of drug-likeness (QED) is 0.779. The molecule has 3 amide bonds. The molecule has 0 aliphatic rings. The van der Waals surface area contributed by atoms with Crippen LogP contribution in [0, 0.1) is 5.41 Å². The van der Waals surface area contributed by atoms with E-state index >= 15 is 0 Å². The number of hydrogen-bond donors (Lipinski definition) is 2. The molecular formula is C19H20N2O6. The molecule has 142 valence electrons. The number of carbonyl (C=O) groups excluding carboxylic acids is 4. The summed E-state index contributed by atoms with van der Waals surface area (Å²) in [6, 6.07) is 9.04. The first-order chi connectivity index (χ1) is 12.7. The summed E-state index contributed by atoms with van der Waals surface area (Å²) >= 11 is 0. The van der Waals surface area contributed by atoms with Crippen LogP contribution in [-0.4, -0.2) is 30.3 Å². The number of esters is 1. The zero-order chi connectivity index (χ0) is 20.0. The van der Waals surface area contributed by atoms with Crippen LogP contribution in [0.1, 0.15) is 41.7 Å². The molecule has 8 heteroatoms. The largest absolute Gasteiger partial charge is 0.459 e. The third kappa shape index (κ3) is 5.81. The Kier molecular flexibility index (Phi) is 6.12. The highest BCUT2D eigenvalue weighted by atomic mass is 16.5. The molecule has 0 aliphatic carbocycles. The Morgan fingerprint density at radius 1 is 1.07 bits per heavy atom. The second kappa shape index (κ2) is 8.31. The summed E-state index contributed by atoms with van der Waals surface area (Å²) in [6.45, 7) is 4.67. The minimum absolute atomic E-state index is 0.0306. The summed E-state index contributed by atoms with van der Waals surface area (Å²) in [5.74, 6) is -2.52. The summed E-state index contributed by atoms with van der Waals surface area (Å²) in [4.78, 5) is 47.4. The number of rotatable bonds is 5. The molecule has 8 nitrogen and oxygen atoms in total. The van der Waals surface area contributed by atoms with Crippen LogP contribution in [0.4, 0.5) is 5.69 Å². The van der Waals surface area contributed by atoms with Gasteiger partial charge in [0.1, 0.15) is 0 Å². The number of imide groups is 1. The van der Waals surface area contributed by atoms with Crippen molar-refractivity contribution in [1.29, 1.82) is 0 Å². The first-order valence-electron chi connectivity index (χ1n) is 8.13. The molecule has 2 aromatic rings. The van der Waals surface area contributed by atoms with Crippen molar-refractivity contribution < 1.29 is 28.3 Å². The minimum atomic E-state index is -0.790. The molecule has 1 heterocycles. The average molecular weight is 372 g/mol. The van der Waals surface area contributed by atoms with Gasteiger partial charge >= 0.3 is 5.97 Å². The molecule has 1 aromatic carbocycles. The van der Waals surface area contributed by atoms with Gasteiger partial charge in [0.25, 0.3) is 11.8 Å². The minimum Gasteiger partial charge on any atom is -0.459 e. The number of amides is 3. The Labute approximate surface area is 155 Å². The van der Waals surface area contributed by atoms with Gasteiger partial charge in [-0.1, -0.05) is 26.8 Å². The molecule has 0 atom stereocenters. The first-order valence-corrected chi connectivity index (χ1v) is 8.13. The standard InChI is InChI=1S/C19H20N2O6/c1-19(2,3)18(25)20-13-7-4-6-12(10-13)17(24)27-11-15(22)21-16(23)14-8-5-9-26-14/h4-10H,11H2,1-3H3,(H,20,25)(H,21,22,23). The zero-order valence-corrected chi connectivity index (χ0v) is 15.2. The first kappa shape index (κ1) is 19.9. The van der Waals surface area contributed by atoms with Crippen molar-refractivity contribution in [2.75, 3.05) is 11.9 Å². The highest BCUT2D eigenvalue weighted by Gasteiger charge is 2.21. The van der Waals surface area contributed by atoms with Gasteiger partial charge in [-0.3, -0.25) is 19.7 Å². The summed E-state index contributed by atoms with van der Waals surface area (Å²) in [6.07, 6.45) is 1.30. The maximum Gasteiger partial charge on any atom is 0.338 e. The SMILES string of the molecule is CC(C)(C)C(=O)Nc1cccc(C(=O)OCC(=O)NC(=O)c2ccco2)c1. The lowest BCUT2D eigenvalue weighted by Crippen LogP contribution is -2.34. The number of benzene rings is 1. The monoisotopic (exact) mass is 372 g/mol. The molecular weight excluding hydrogens is 352 g/mol. The topological polar surface area (TPSA) is 115 Å². The summed E-state index contributed by atoms with van der Waals surface area (Å²) in [5.41, 5.74) is 0.00322. The molecule has 0 aliphatic heterocycles. The van der Waals surface area contributed by atoms with E-state index < -0.39 is 29.8 Å². The van der Waals surface area contributed by atoms with Gasteiger partial charge in [0.15, 0.2) is 12.4 Å². The van der Waals surface area contributed by atoms with E-state index in [0.29, 0.717) is 5.69 Å². The van der Waals surface area contributed by atoms with E-state index in [-0.39, 0.29) is 17.2 Å². The summed E-state index contributed by atoms with van der Waals surface area (Å²) in [5, 5.41) is 4.74. The lowest BCUT2D eigenvalue weighted by atomic mass is 9.95. The van der Waals surface area contributed by atoms with Crippen LogP contribution in [-0.2, 0) is 14.3 Å². The average Bonchev–Trinajstić information content (AvgIpc) is 3.14. The third-order valence-electron chi connectivity index (χ3n) is 3.37. The molecule has 0 unspecified atom stereocenters. The fourth-order valence-corrected chi connectivity index (χ4v) is 1.89. The van der Waals surface area contributed by atoms with E-state index in [9.17, 15) is 19.2 Å². The van der Waals surface area contributed by atoms with Gasteiger partial charge in [-0.2, -0.15) is 0 Å². The second-order valence-corrected chi connectivity index (χ2v) is 6.72. The van der Waals surface area contributed by atoms with E-state index in [1.54, 1.807) is 32.9 Å². The highest BCUT2D eigenvalue weighted by Crippen LogP contribution is 2.18. The van der Waals surface area contributed by atoms with E-state index in [0.717, 1.165) is 0 Å². The van der Waals surface area contributed by atoms with Gasteiger partial charge < -0.3 is 14.5 Å². The van der Waals surface area contributed by atoms with E-state index in [4.69, 9.17) is 9.15 Å². The Bertz CT molecular complexity index is 849. The Morgan fingerprint density at radius 3 is 2.44 bits per heavy atom. The molecule has 0 fully saturated rings. The predicted molar refractivity (Wildman–Crippen MR) is 96.0 cm³/mol. The Hall–Kier alpha value is -3.42. The van der Waals surface area contributed by atoms with Gasteiger partial charge in [-0.25, -0.2) is 4.79 Å². The van der Waals surface area contributed by atoms with Gasteiger partial charge in [0.2, 0.25) is 5.91 Å². The van der Waals surface area contributed by atoms with Crippen LogP contribution in [0.3, 0.4) is 0 Å². The number of nitrogens with one attached hydrogen (secondary N) is 2. The number of carbonyl (C=O) groups is 4. The lowest BCUT2D eigenvalue weighted by Gasteiger charge is -2.17. The van der Waals surface area contributed by atoms with Gasteiger partial charge in [0.05, 0.1) is 11.8 Å². The van der Waals surface area contributed by atoms with Gasteiger partial charge in [-0.05, 0) is 30.3 Å². The highest BCUT2D eigenvalue weighted by molar-refractivity contribution is 6.04. The maximum absolute atomic E-state index is 12.1. The maximum atomic E-state index is 12.1. The van der Waals surface area contributed by atoms with Crippen molar-refractivity contribution in [1.82, 2.24) is 5.32 Å². The molecule has 2 N–H and O–H groups in total. The summed E-state index contributed by atoms with van der Waals surface area (Å²) in [7, 11) is 0. The van der Waals surface area contributed by atoms with E-state index in [1.807, 2.05) is 5.32 Å². The van der Waals surface area contributed by atoms with Crippen LogP contribution >= 0.6 is 0 Å². The summed E-state index contributed by atoms with van der Waals surface area (Å²) < 4.78 is 9.74. The zero-order valence-electron chi connectivity index (χ0n) is 15.2. The smallest absolute Gasteiger partial charge is 0.338 e. The lowest BCUT2D eigenvalue weighted by molar-refractivity contribution is -0.123. The van der Waals surface area contributed by atoms with Crippen molar-refractivity contribution in [3.05, 3.63) is 54.0 Å². The van der Waals surface area contributed by atoms with Crippen molar-refractivity contribution >= 4 is 29.4 Å². The van der Waals surface area contributed by atoms with Crippen molar-refractivity contribution in [3.63, 3.8) is 0 Å². The fourth-order valence-electron chi connectivity index (χ4n) is 1.89. The van der Waals surface area contributed by atoms with Crippen molar-refractivity contribution in [2.45, 2.75) is 20.8 Å². The second-order valence-electron chi connectivity index (χ2n) is 6.72. The van der Waals surface area contributed by atoms with Crippen molar-refractivity contribution in [2.24, 2.45) is 5.41 Å². The number of furan rings is 1. The van der Waals surface area contributed by atoms with Gasteiger partial charge in [-0.15, -0.1) is 0 Å². The number of hydrogen-bond acceptors (Lipinski definition) is 6. The molecule has 2 rings (SSSR count). The number of ether oxygens (including phenoxy) is 1. The molecule has 0 radical (unpaired) electrons. The van der Waals surface area contributed by atoms with E-state index in [2.05, 4.69) is 5.32 Å². The Balaban J connectivity index is 1.90. The van der Waals surface area contributed by atoms with Crippen LogP contribution in [0.2, 0.25) is 0 Å². The molecule has 0 bridgehead atoms. The van der Waals surface area contributed by atoms with Crippen LogP contribution in [0.5, 0.6) is 0 Å². The van der Waals surface area contributed by atoms with Crippen LogP contribution in [0.15, 0.2) is 47.1 Å². The van der Waals surface area contributed by atoms with Crippen molar-refractivity contribution in [3.8, 4) is 0 Å². The Morgan fingerprint density at radius 2 is 1.81 bits per heavy atom. The predicted octanol–water partition coefficient (Wildman–Crippen LogP) is 2.38. The molecule has 0 saturated carbocycles. The van der Waals surface area contributed by atoms with Crippen LogP contribution in [0.25, 0.3) is 0 Å². The fraction of sp³-hybridized carbons (Fsp3) is 0.263. The van der Waals surface area contributed by atoms with Crippen LogP contribution < -0.4 is 10.6 Å². The van der Waals surface area contributed by atoms with E-state index in [1.165, 1.54) is 30.5 Å². The molecule has 0 saturated heterocycles. The third-order valence-corrected chi connectivity index (χ3v) is 3.37.